The highest BCUT2D eigenvalue weighted by atomic mass is 16.5. The minimum absolute atomic E-state index is 0.0352. The van der Waals surface area contributed by atoms with Crippen LogP contribution in [0.2, 0.25) is 0 Å². The molecule has 1 N–H and O–H groups in total. The zero-order chi connectivity index (χ0) is 12.8. The van der Waals surface area contributed by atoms with Crippen LogP contribution in [0.15, 0.2) is 18.2 Å². The Morgan fingerprint density at radius 2 is 2.24 bits per heavy atom. The molecule has 1 unspecified atom stereocenters. The van der Waals surface area contributed by atoms with Crippen LogP contribution in [0, 0.1) is 0 Å². The van der Waals surface area contributed by atoms with Crippen molar-refractivity contribution in [2.75, 3.05) is 13.7 Å². The largest absolute Gasteiger partial charge is 0.508 e. The molecule has 1 aliphatic heterocycles. The summed E-state index contributed by atoms with van der Waals surface area (Å²) >= 11 is 0. The molecule has 1 atom stereocenters. The van der Waals surface area contributed by atoms with Gasteiger partial charge in [-0.2, -0.15) is 0 Å². The molecular formula is C13H18O4. The lowest BCUT2D eigenvalue weighted by Crippen LogP contribution is -2.09. The number of methoxy groups -OCH3 is 1. The van der Waals surface area contributed by atoms with Gasteiger partial charge < -0.3 is 14.6 Å². The number of aromatic hydroxyl groups is 1. The van der Waals surface area contributed by atoms with Gasteiger partial charge in [0.1, 0.15) is 11.5 Å². The predicted octanol–water partition coefficient (Wildman–Crippen LogP) is 2.46. The summed E-state index contributed by atoms with van der Waals surface area (Å²) in [6.45, 7) is 4.47. The third-order valence-electron chi connectivity index (χ3n) is 2.52. The van der Waals surface area contributed by atoms with Crippen LogP contribution in [-0.2, 0) is 9.53 Å². The Kier molecular flexibility index (Phi) is 4.82. The lowest BCUT2D eigenvalue weighted by Gasteiger charge is -2.06. The molecule has 0 radical (unpaired) electrons. The van der Waals surface area contributed by atoms with Crippen molar-refractivity contribution < 1.29 is 19.4 Å². The molecule has 0 spiro atoms. The highest BCUT2D eigenvalue weighted by Gasteiger charge is 2.26. The summed E-state index contributed by atoms with van der Waals surface area (Å²) in [5.74, 6) is 0.619. The second-order valence-electron chi connectivity index (χ2n) is 3.51. The third kappa shape index (κ3) is 3.12. The Labute approximate surface area is 101 Å². The van der Waals surface area contributed by atoms with Crippen LogP contribution < -0.4 is 4.74 Å². The van der Waals surface area contributed by atoms with Gasteiger partial charge in [-0.1, -0.05) is 19.9 Å². The van der Waals surface area contributed by atoms with Crippen LogP contribution in [-0.4, -0.2) is 24.8 Å². The molecule has 0 fully saturated rings. The van der Waals surface area contributed by atoms with E-state index in [1.165, 1.54) is 7.11 Å². The molecule has 0 bridgehead atoms. The van der Waals surface area contributed by atoms with Gasteiger partial charge in [-0.15, -0.1) is 0 Å². The standard InChI is InChI=1S/C11H12O4.C2H6/c1-14-11(13)4-7-6-15-10-5-8(12)2-3-9(7)10;1-2/h2-3,5,7,12H,4,6H2,1H3;1-2H3. The number of carbonyl (C=O) groups is 1. The minimum atomic E-state index is -0.246. The monoisotopic (exact) mass is 238 g/mol. The van der Waals surface area contributed by atoms with E-state index in [2.05, 4.69) is 4.74 Å². The molecule has 2 rings (SSSR count). The molecule has 0 aliphatic carbocycles. The first kappa shape index (κ1) is 13.4. The summed E-state index contributed by atoms with van der Waals surface area (Å²) in [4.78, 5) is 11.1. The van der Waals surface area contributed by atoms with Gasteiger partial charge in [0.25, 0.3) is 0 Å². The maximum Gasteiger partial charge on any atom is 0.306 e. The number of ether oxygens (including phenoxy) is 2. The fourth-order valence-corrected chi connectivity index (χ4v) is 1.72. The number of rotatable bonds is 2. The number of phenolic OH excluding ortho intramolecular Hbond substituents is 1. The fraction of sp³-hybridized carbons (Fsp3) is 0.462. The average Bonchev–Trinajstić information content (AvgIpc) is 2.74. The van der Waals surface area contributed by atoms with Crippen LogP contribution in [0.3, 0.4) is 0 Å². The summed E-state index contributed by atoms with van der Waals surface area (Å²) in [5, 5.41) is 9.24. The van der Waals surface area contributed by atoms with E-state index >= 15 is 0 Å². The number of esters is 1. The second kappa shape index (κ2) is 6.13. The lowest BCUT2D eigenvalue weighted by molar-refractivity contribution is -0.141. The average molecular weight is 238 g/mol. The van der Waals surface area contributed by atoms with Crippen molar-refractivity contribution in [3.63, 3.8) is 0 Å². The lowest BCUT2D eigenvalue weighted by atomic mass is 9.98. The van der Waals surface area contributed by atoms with E-state index in [1.54, 1.807) is 18.2 Å². The van der Waals surface area contributed by atoms with E-state index in [1.807, 2.05) is 13.8 Å². The Balaban J connectivity index is 0.000000686. The highest BCUT2D eigenvalue weighted by Crippen LogP contribution is 2.37. The van der Waals surface area contributed by atoms with Gasteiger partial charge in [0.15, 0.2) is 0 Å². The summed E-state index contributed by atoms with van der Waals surface area (Å²) in [5.41, 5.74) is 0.957. The topological polar surface area (TPSA) is 55.8 Å². The summed E-state index contributed by atoms with van der Waals surface area (Å²) in [6.07, 6.45) is 0.314. The fourth-order valence-electron chi connectivity index (χ4n) is 1.72. The van der Waals surface area contributed by atoms with E-state index in [4.69, 9.17) is 4.74 Å². The minimum Gasteiger partial charge on any atom is -0.508 e. The van der Waals surface area contributed by atoms with E-state index in [-0.39, 0.29) is 17.6 Å². The first-order chi connectivity index (χ1) is 8.20. The zero-order valence-electron chi connectivity index (χ0n) is 10.4. The van der Waals surface area contributed by atoms with Crippen molar-refractivity contribution in [1.82, 2.24) is 0 Å². The molecule has 0 aromatic heterocycles. The molecule has 1 aromatic carbocycles. The quantitative estimate of drug-likeness (QED) is 0.804. The summed E-state index contributed by atoms with van der Waals surface area (Å²) < 4.78 is 9.98. The van der Waals surface area contributed by atoms with E-state index in [9.17, 15) is 9.90 Å². The molecule has 94 valence electrons. The van der Waals surface area contributed by atoms with Crippen LogP contribution in [0.5, 0.6) is 11.5 Å². The number of hydrogen-bond acceptors (Lipinski definition) is 4. The maximum absolute atomic E-state index is 11.1. The first-order valence-electron chi connectivity index (χ1n) is 5.73. The molecule has 1 heterocycles. The SMILES string of the molecule is CC.COC(=O)CC1COc2cc(O)ccc21. The Hall–Kier alpha value is -1.71. The van der Waals surface area contributed by atoms with Crippen molar-refractivity contribution in [3.8, 4) is 11.5 Å². The van der Waals surface area contributed by atoms with Crippen LogP contribution in [0.25, 0.3) is 0 Å². The smallest absolute Gasteiger partial charge is 0.306 e. The van der Waals surface area contributed by atoms with Crippen LogP contribution in [0.4, 0.5) is 0 Å². The Bertz CT molecular complexity index is 387. The first-order valence-corrected chi connectivity index (χ1v) is 5.73. The molecule has 4 nitrogen and oxygen atoms in total. The normalized spacial score (nSPS) is 16.3. The van der Waals surface area contributed by atoms with Crippen LogP contribution >= 0.6 is 0 Å². The number of carbonyl (C=O) groups excluding carboxylic acids is 1. The van der Waals surface area contributed by atoms with E-state index in [0.717, 1.165) is 5.56 Å². The van der Waals surface area contributed by atoms with Gasteiger partial charge in [0.05, 0.1) is 20.1 Å². The number of benzene rings is 1. The molecule has 0 saturated heterocycles. The third-order valence-corrected chi connectivity index (χ3v) is 2.52. The molecule has 1 aromatic rings. The molecular weight excluding hydrogens is 220 g/mol. The van der Waals surface area contributed by atoms with Crippen molar-refractivity contribution in [1.29, 1.82) is 0 Å². The van der Waals surface area contributed by atoms with Crippen molar-refractivity contribution >= 4 is 5.97 Å². The van der Waals surface area contributed by atoms with Crippen LogP contribution in [0.1, 0.15) is 31.7 Å². The van der Waals surface area contributed by atoms with Crippen molar-refractivity contribution in [2.24, 2.45) is 0 Å². The molecule has 17 heavy (non-hydrogen) atoms. The van der Waals surface area contributed by atoms with Gasteiger partial charge >= 0.3 is 5.97 Å². The van der Waals surface area contributed by atoms with Gasteiger partial charge in [-0.25, -0.2) is 0 Å². The van der Waals surface area contributed by atoms with Gasteiger partial charge in [0.2, 0.25) is 0 Å². The molecule has 0 amide bonds. The van der Waals surface area contributed by atoms with Gasteiger partial charge in [0, 0.05) is 17.5 Å². The molecule has 1 aliphatic rings. The van der Waals surface area contributed by atoms with Crippen molar-refractivity contribution in [2.45, 2.75) is 26.2 Å². The maximum atomic E-state index is 11.1. The predicted molar refractivity (Wildman–Crippen MR) is 64.3 cm³/mol. The summed E-state index contributed by atoms with van der Waals surface area (Å²) in [7, 11) is 1.37. The Morgan fingerprint density at radius 3 is 2.88 bits per heavy atom. The molecule has 4 heteroatoms. The highest BCUT2D eigenvalue weighted by molar-refractivity contribution is 5.71. The number of hydrogen-bond donors (Lipinski definition) is 1. The Morgan fingerprint density at radius 1 is 1.53 bits per heavy atom. The summed E-state index contributed by atoms with van der Waals surface area (Å²) in [6, 6.07) is 4.94. The number of phenols is 1. The van der Waals surface area contributed by atoms with E-state index < -0.39 is 0 Å². The second-order valence-corrected chi connectivity index (χ2v) is 3.51. The van der Waals surface area contributed by atoms with Gasteiger partial charge in [-0.3, -0.25) is 4.79 Å². The van der Waals surface area contributed by atoms with E-state index in [0.29, 0.717) is 18.8 Å². The van der Waals surface area contributed by atoms with Crippen molar-refractivity contribution in [3.05, 3.63) is 23.8 Å². The van der Waals surface area contributed by atoms with Gasteiger partial charge in [-0.05, 0) is 6.07 Å². The zero-order valence-corrected chi connectivity index (χ0v) is 10.4. The molecule has 0 saturated carbocycles. The number of fused-ring (bicyclic) bond motifs is 1.